The van der Waals surface area contributed by atoms with E-state index in [4.69, 9.17) is 5.73 Å². The second kappa shape index (κ2) is 3.64. The Morgan fingerprint density at radius 3 is 2.56 bits per heavy atom. The van der Waals surface area contributed by atoms with Crippen molar-refractivity contribution in [2.24, 2.45) is 0 Å². The van der Waals surface area contributed by atoms with Gasteiger partial charge in [-0.25, -0.2) is 8.42 Å². The molecule has 1 heterocycles. The average Bonchev–Trinajstić information content (AvgIpc) is 2.68. The van der Waals surface area contributed by atoms with Crippen LogP contribution in [0, 0.1) is 0 Å². The fourth-order valence-electron chi connectivity index (χ4n) is 1.41. The van der Waals surface area contributed by atoms with Gasteiger partial charge in [-0.05, 0) is 23.8 Å². The van der Waals surface area contributed by atoms with Crippen molar-refractivity contribution in [3.8, 4) is 11.1 Å². The third-order valence-electron chi connectivity index (χ3n) is 2.19. The van der Waals surface area contributed by atoms with E-state index in [2.05, 4.69) is 10.2 Å². The van der Waals surface area contributed by atoms with Crippen LogP contribution in [0.1, 0.15) is 0 Å². The van der Waals surface area contributed by atoms with E-state index >= 15 is 0 Å². The molecule has 0 saturated carbocycles. The lowest BCUT2D eigenvalue weighted by Gasteiger charge is -2.04. The standard InChI is InChI=1S/C10H11N3O2S/c1-16(14,15)10-3-7(2-9(11)4-10)8-5-12-13-6-8/h2-6H,11H2,1H3,(H,12,13). The molecule has 0 saturated heterocycles. The summed E-state index contributed by atoms with van der Waals surface area (Å²) in [5.41, 5.74) is 7.62. The predicted octanol–water partition coefficient (Wildman–Crippen LogP) is 1.06. The predicted molar refractivity (Wildman–Crippen MR) is 61.5 cm³/mol. The minimum atomic E-state index is -3.25. The zero-order valence-corrected chi connectivity index (χ0v) is 9.45. The first-order valence-electron chi connectivity index (χ1n) is 4.56. The number of H-pyrrole nitrogens is 1. The van der Waals surface area contributed by atoms with E-state index in [-0.39, 0.29) is 4.90 Å². The van der Waals surface area contributed by atoms with Gasteiger partial charge >= 0.3 is 0 Å². The quantitative estimate of drug-likeness (QED) is 0.764. The van der Waals surface area contributed by atoms with Crippen LogP contribution in [0.3, 0.4) is 0 Å². The SMILES string of the molecule is CS(=O)(=O)c1cc(N)cc(-c2cn[nH]c2)c1. The number of nitrogens with two attached hydrogens (primary N) is 1. The number of hydrogen-bond donors (Lipinski definition) is 2. The van der Waals surface area contributed by atoms with E-state index in [1.54, 1.807) is 24.5 Å². The summed E-state index contributed by atoms with van der Waals surface area (Å²) in [7, 11) is -3.25. The highest BCUT2D eigenvalue weighted by Gasteiger charge is 2.10. The van der Waals surface area contributed by atoms with Crippen molar-refractivity contribution in [3.05, 3.63) is 30.6 Å². The first-order valence-corrected chi connectivity index (χ1v) is 6.46. The molecule has 3 N–H and O–H groups in total. The molecule has 0 spiro atoms. The van der Waals surface area contributed by atoms with Crippen molar-refractivity contribution in [2.45, 2.75) is 4.90 Å². The van der Waals surface area contributed by atoms with E-state index in [1.807, 2.05) is 0 Å². The summed E-state index contributed by atoms with van der Waals surface area (Å²) in [5.74, 6) is 0. The fraction of sp³-hybridized carbons (Fsp3) is 0.100. The van der Waals surface area contributed by atoms with Gasteiger partial charge in [0.05, 0.1) is 11.1 Å². The molecule has 84 valence electrons. The molecule has 2 aromatic rings. The molecule has 5 nitrogen and oxygen atoms in total. The van der Waals surface area contributed by atoms with Gasteiger partial charge in [0.1, 0.15) is 0 Å². The van der Waals surface area contributed by atoms with Crippen LogP contribution >= 0.6 is 0 Å². The number of nitrogens with zero attached hydrogens (tertiary/aromatic N) is 1. The number of aromatic nitrogens is 2. The molecule has 0 amide bonds. The Bertz CT molecular complexity index is 603. The zero-order valence-electron chi connectivity index (χ0n) is 8.64. The normalized spacial score (nSPS) is 11.6. The Kier molecular flexibility index (Phi) is 2.43. The summed E-state index contributed by atoms with van der Waals surface area (Å²) in [6.45, 7) is 0. The number of nitrogen functional groups attached to an aromatic ring is 1. The lowest BCUT2D eigenvalue weighted by atomic mass is 10.1. The molecular formula is C10H11N3O2S. The van der Waals surface area contributed by atoms with Crippen LogP contribution in [0.4, 0.5) is 5.69 Å². The zero-order chi connectivity index (χ0) is 11.8. The molecule has 0 bridgehead atoms. The summed E-state index contributed by atoms with van der Waals surface area (Å²) in [6, 6.07) is 4.73. The number of aromatic amines is 1. The molecule has 0 atom stereocenters. The van der Waals surface area contributed by atoms with Gasteiger partial charge in [0, 0.05) is 23.7 Å². The van der Waals surface area contributed by atoms with E-state index in [1.165, 1.54) is 6.07 Å². The summed E-state index contributed by atoms with van der Waals surface area (Å²) in [5, 5.41) is 6.47. The van der Waals surface area contributed by atoms with Gasteiger partial charge in [0.2, 0.25) is 0 Å². The molecule has 0 aliphatic heterocycles. The number of hydrogen-bond acceptors (Lipinski definition) is 4. The molecule has 2 rings (SSSR count). The van der Waals surface area contributed by atoms with Crippen molar-refractivity contribution in [2.75, 3.05) is 12.0 Å². The van der Waals surface area contributed by atoms with E-state index < -0.39 is 9.84 Å². The first kappa shape index (κ1) is 10.7. The third-order valence-corrected chi connectivity index (χ3v) is 3.28. The van der Waals surface area contributed by atoms with Crippen molar-refractivity contribution in [3.63, 3.8) is 0 Å². The average molecular weight is 237 g/mol. The number of anilines is 1. The first-order chi connectivity index (χ1) is 7.47. The summed E-state index contributed by atoms with van der Waals surface area (Å²) >= 11 is 0. The molecule has 6 heteroatoms. The van der Waals surface area contributed by atoms with Crippen LogP contribution in [0.15, 0.2) is 35.5 Å². The van der Waals surface area contributed by atoms with Gasteiger partial charge in [-0.2, -0.15) is 5.10 Å². The van der Waals surface area contributed by atoms with Crippen molar-refractivity contribution >= 4 is 15.5 Å². The fourth-order valence-corrected chi connectivity index (χ4v) is 2.10. The lowest BCUT2D eigenvalue weighted by Crippen LogP contribution is -1.99. The number of sulfone groups is 1. The molecule has 0 aliphatic carbocycles. The monoisotopic (exact) mass is 237 g/mol. The lowest BCUT2D eigenvalue weighted by molar-refractivity contribution is 0.602. The van der Waals surface area contributed by atoms with E-state index in [9.17, 15) is 8.42 Å². The minimum absolute atomic E-state index is 0.212. The van der Waals surface area contributed by atoms with Gasteiger partial charge in [-0.3, -0.25) is 5.10 Å². The maximum absolute atomic E-state index is 11.4. The van der Waals surface area contributed by atoms with Crippen LogP contribution in [0.25, 0.3) is 11.1 Å². The summed E-state index contributed by atoms with van der Waals surface area (Å²) in [6.07, 6.45) is 4.45. The van der Waals surface area contributed by atoms with Crippen LogP contribution < -0.4 is 5.73 Å². The van der Waals surface area contributed by atoms with Gasteiger partial charge in [-0.15, -0.1) is 0 Å². The Hall–Kier alpha value is -1.82. The molecule has 0 unspecified atom stereocenters. The summed E-state index contributed by atoms with van der Waals surface area (Å²) < 4.78 is 22.9. The highest BCUT2D eigenvalue weighted by Crippen LogP contribution is 2.24. The van der Waals surface area contributed by atoms with E-state index in [0.29, 0.717) is 5.69 Å². The highest BCUT2D eigenvalue weighted by atomic mass is 32.2. The molecular weight excluding hydrogens is 226 g/mol. The largest absolute Gasteiger partial charge is 0.399 e. The number of nitrogens with one attached hydrogen (secondary N) is 1. The molecule has 1 aromatic carbocycles. The smallest absolute Gasteiger partial charge is 0.175 e. The maximum Gasteiger partial charge on any atom is 0.175 e. The van der Waals surface area contributed by atoms with Crippen LogP contribution in [0.2, 0.25) is 0 Å². The highest BCUT2D eigenvalue weighted by molar-refractivity contribution is 7.90. The van der Waals surface area contributed by atoms with Crippen molar-refractivity contribution in [1.82, 2.24) is 10.2 Å². The van der Waals surface area contributed by atoms with Gasteiger partial charge in [0.25, 0.3) is 0 Å². The van der Waals surface area contributed by atoms with Crippen LogP contribution in [-0.2, 0) is 9.84 Å². The van der Waals surface area contributed by atoms with Crippen LogP contribution in [-0.4, -0.2) is 24.9 Å². The number of benzene rings is 1. The van der Waals surface area contributed by atoms with Crippen molar-refractivity contribution in [1.29, 1.82) is 0 Å². The second-order valence-corrected chi connectivity index (χ2v) is 5.57. The van der Waals surface area contributed by atoms with Crippen LogP contribution in [0.5, 0.6) is 0 Å². The maximum atomic E-state index is 11.4. The van der Waals surface area contributed by atoms with Gasteiger partial charge < -0.3 is 5.73 Å². The molecule has 0 fully saturated rings. The Labute approximate surface area is 93.2 Å². The van der Waals surface area contributed by atoms with Crippen molar-refractivity contribution < 1.29 is 8.42 Å². The molecule has 16 heavy (non-hydrogen) atoms. The van der Waals surface area contributed by atoms with Gasteiger partial charge in [0.15, 0.2) is 9.84 Å². The van der Waals surface area contributed by atoms with E-state index in [0.717, 1.165) is 17.4 Å². The number of rotatable bonds is 2. The second-order valence-electron chi connectivity index (χ2n) is 3.55. The molecule has 1 aromatic heterocycles. The van der Waals surface area contributed by atoms with Gasteiger partial charge in [-0.1, -0.05) is 0 Å². The molecule has 0 radical (unpaired) electrons. The Morgan fingerprint density at radius 1 is 1.25 bits per heavy atom. The third kappa shape index (κ3) is 2.06. The Morgan fingerprint density at radius 2 is 2.00 bits per heavy atom. The topological polar surface area (TPSA) is 88.8 Å². The minimum Gasteiger partial charge on any atom is -0.399 e. The molecule has 0 aliphatic rings. The Balaban J connectivity index is 2.62. The summed E-state index contributed by atoms with van der Waals surface area (Å²) in [4.78, 5) is 0.212.